The van der Waals surface area contributed by atoms with Crippen LogP contribution in [0.15, 0.2) is 54.6 Å². The van der Waals surface area contributed by atoms with Gasteiger partial charge < -0.3 is 15.8 Å². The molecule has 2 aromatic rings. The highest BCUT2D eigenvalue weighted by molar-refractivity contribution is 5.95. The van der Waals surface area contributed by atoms with E-state index in [9.17, 15) is 4.79 Å². The monoisotopic (exact) mass is 310 g/mol. The molecule has 0 unspecified atom stereocenters. The normalized spacial score (nSPS) is 20.4. The Labute approximate surface area is 136 Å². The van der Waals surface area contributed by atoms with E-state index in [1.165, 1.54) is 5.56 Å². The number of benzene rings is 2. The van der Waals surface area contributed by atoms with Gasteiger partial charge in [-0.1, -0.05) is 48.5 Å². The molecular formula is C19H22N2O2. The number of ether oxygens (including phenoxy) is 1. The molecule has 120 valence electrons. The summed E-state index contributed by atoms with van der Waals surface area (Å²) in [6.07, 6.45) is 1.97. The molecule has 4 heteroatoms. The number of anilines is 1. The van der Waals surface area contributed by atoms with E-state index >= 15 is 0 Å². The first-order valence-electron chi connectivity index (χ1n) is 8.04. The minimum absolute atomic E-state index is 0.00492. The van der Waals surface area contributed by atoms with E-state index in [2.05, 4.69) is 17.4 Å². The second-order valence-corrected chi connectivity index (χ2v) is 5.87. The molecule has 0 saturated carbocycles. The van der Waals surface area contributed by atoms with Crippen molar-refractivity contribution in [2.45, 2.75) is 31.5 Å². The van der Waals surface area contributed by atoms with E-state index in [1.807, 2.05) is 42.5 Å². The molecule has 23 heavy (non-hydrogen) atoms. The first kappa shape index (κ1) is 15.7. The molecule has 0 bridgehead atoms. The van der Waals surface area contributed by atoms with Gasteiger partial charge in [-0.2, -0.15) is 0 Å². The average Bonchev–Trinajstić information content (AvgIpc) is 3.07. The average molecular weight is 310 g/mol. The number of nitrogens with two attached hydrogens (primary N) is 1. The topological polar surface area (TPSA) is 64.4 Å². The van der Waals surface area contributed by atoms with Crippen molar-refractivity contribution >= 4 is 11.6 Å². The number of rotatable bonds is 5. The van der Waals surface area contributed by atoms with Crippen LogP contribution in [-0.4, -0.2) is 24.7 Å². The Kier molecular flexibility index (Phi) is 5.05. The minimum atomic E-state index is -0.395. The smallest absolute Gasteiger partial charge is 0.253 e. The van der Waals surface area contributed by atoms with Gasteiger partial charge in [0.15, 0.2) is 0 Å². The lowest BCUT2D eigenvalue weighted by atomic mass is 10.0. The lowest BCUT2D eigenvalue weighted by molar-refractivity contribution is -0.126. The number of amides is 1. The van der Waals surface area contributed by atoms with Crippen LogP contribution in [0.3, 0.4) is 0 Å². The van der Waals surface area contributed by atoms with Crippen molar-refractivity contribution in [3.05, 3.63) is 65.7 Å². The summed E-state index contributed by atoms with van der Waals surface area (Å²) in [6.45, 7) is 0.467. The molecule has 3 rings (SSSR count). The summed E-state index contributed by atoms with van der Waals surface area (Å²) in [5.41, 5.74) is 8.77. The number of hydrogen-bond donors (Lipinski definition) is 2. The van der Waals surface area contributed by atoms with E-state index in [0.717, 1.165) is 30.5 Å². The van der Waals surface area contributed by atoms with E-state index in [1.54, 1.807) is 0 Å². The Morgan fingerprint density at radius 1 is 1.09 bits per heavy atom. The lowest BCUT2D eigenvalue weighted by Crippen LogP contribution is -2.30. The number of para-hydroxylation sites is 1. The van der Waals surface area contributed by atoms with Crippen LogP contribution in [-0.2, 0) is 16.0 Å². The van der Waals surface area contributed by atoms with Crippen molar-refractivity contribution < 1.29 is 9.53 Å². The molecule has 1 saturated heterocycles. The van der Waals surface area contributed by atoms with Gasteiger partial charge in [0, 0.05) is 12.2 Å². The second-order valence-electron chi connectivity index (χ2n) is 5.87. The molecule has 1 aliphatic heterocycles. The fraction of sp³-hybridized carbons (Fsp3) is 0.316. The third-order valence-corrected chi connectivity index (χ3v) is 4.18. The third-order valence-electron chi connectivity index (χ3n) is 4.18. The van der Waals surface area contributed by atoms with Gasteiger partial charge >= 0.3 is 0 Å². The molecule has 0 aliphatic carbocycles. The fourth-order valence-corrected chi connectivity index (χ4v) is 2.90. The zero-order valence-electron chi connectivity index (χ0n) is 13.1. The van der Waals surface area contributed by atoms with Gasteiger partial charge in [0.2, 0.25) is 0 Å². The molecule has 1 heterocycles. The highest BCUT2D eigenvalue weighted by Gasteiger charge is 2.30. The molecular weight excluding hydrogens is 288 g/mol. The summed E-state index contributed by atoms with van der Waals surface area (Å²) in [5.74, 6) is -0.0820. The molecule has 2 atom stereocenters. The Bertz CT molecular complexity index is 657. The summed E-state index contributed by atoms with van der Waals surface area (Å²) in [7, 11) is 0. The number of nitrogens with one attached hydrogen (secondary N) is 1. The van der Waals surface area contributed by atoms with E-state index in [-0.39, 0.29) is 12.0 Å². The standard InChI is InChI=1S/C19H22N2O2/c20-13-16-10-11-18(23-16)19(22)21-17-9-5-4-8-15(17)12-14-6-2-1-3-7-14/h1-9,16,18H,10-13,20H2,(H,21,22)/t16-,18+/m1/s1. The molecule has 1 amide bonds. The highest BCUT2D eigenvalue weighted by Crippen LogP contribution is 2.23. The zero-order valence-corrected chi connectivity index (χ0v) is 13.1. The van der Waals surface area contributed by atoms with Crippen molar-refractivity contribution in [1.82, 2.24) is 0 Å². The Balaban J connectivity index is 1.69. The maximum atomic E-state index is 12.4. The van der Waals surface area contributed by atoms with Crippen LogP contribution >= 0.6 is 0 Å². The van der Waals surface area contributed by atoms with Crippen LogP contribution in [0.25, 0.3) is 0 Å². The van der Waals surface area contributed by atoms with Crippen molar-refractivity contribution in [2.75, 3.05) is 11.9 Å². The fourth-order valence-electron chi connectivity index (χ4n) is 2.90. The Morgan fingerprint density at radius 2 is 1.83 bits per heavy atom. The predicted octanol–water partition coefficient (Wildman–Crippen LogP) is 2.72. The molecule has 3 N–H and O–H groups in total. The van der Waals surface area contributed by atoms with Gasteiger partial charge in [-0.3, -0.25) is 4.79 Å². The minimum Gasteiger partial charge on any atom is -0.364 e. The Morgan fingerprint density at radius 3 is 2.57 bits per heavy atom. The third kappa shape index (κ3) is 3.97. The summed E-state index contributed by atoms with van der Waals surface area (Å²) >= 11 is 0. The summed E-state index contributed by atoms with van der Waals surface area (Å²) < 4.78 is 5.67. The molecule has 1 fully saturated rings. The number of carbonyl (C=O) groups excluding carboxylic acids is 1. The van der Waals surface area contributed by atoms with Crippen molar-refractivity contribution in [2.24, 2.45) is 5.73 Å². The van der Waals surface area contributed by atoms with Gasteiger partial charge in [0.05, 0.1) is 6.10 Å². The molecule has 0 radical (unpaired) electrons. The summed E-state index contributed by atoms with van der Waals surface area (Å²) in [6, 6.07) is 18.1. The maximum Gasteiger partial charge on any atom is 0.253 e. The first-order valence-corrected chi connectivity index (χ1v) is 8.04. The molecule has 2 aromatic carbocycles. The summed E-state index contributed by atoms with van der Waals surface area (Å²) in [4.78, 5) is 12.4. The van der Waals surface area contributed by atoms with Crippen LogP contribution in [0.4, 0.5) is 5.69 Å². The second kappa shape index (κ2) is 7.40. The molecule has 0 aromatic heterocycles. The number of carbonyl (C=O) groups is 1. The van der Waals surface area contributed by atoms with Gasteiger partial charge in [0.1, 0.15) is 6.10 Å². The largest absolute Gasteiger partial charge is 0.364 e. The van der Waals surface area contributed by atoms with Gasteiger partial charge in [-0.25, -0.2) is 0 Å². The molecule has 4 nitrogen and oxygen atoms in total. The first-order chi connectivity index (χ1) is 11.3. The van der Waals surface area contributed by atoms with E-state index in [4.69, 9.17) is 10.5 Å². The van der Waals surface area contributed by atoms with Crippen LogP contribution in [0.5, 0.6) is 0 Å². The van der Waals surface area contributed by atoms with E-state index in [0.29, 0.717) is 6.54 Å². The molecule has 1 aliphatic rings. The van der Waals surface area contributed by atoms with Crippen molar-refractivity contribution in [1.29, 1.82) is 0 Å². The Hall–Kier alpha value is -2.17. The van der Waals surface area contributed by atoms with Crippen LogP contribution in [0.2, 0.25) is 0 Å². The van der Waals surface area contributed by atoms with Gasteiger partial charge in [0.25, 0.3) is 5.91 Å². The highest BCUT2D eigenvalue weighted by atomic mass is 16.5. The number of hydrogen-bond acceptors (Lipinski definition) is 3. The lowest BCUT2D eigenvalue weighted by Gasteiger charge is -2.15. The zero-order chi connectivity index (χ0) is 16.1. The molecule has 0 spiro atoms. The summed E-state index contributed by atoms with van der Waals surface area (Å²) in [5, 5.41) is 3.01. The maximum absolute atomic E-state index is 12.4. The quantitative estimate of drug-likeness (QED) is 0.892. The van der Waals surface area contributed by atoms with Crippen LogP contribution in [0, 0.1) is 0 Å². The van der Waals surface area contributed by atoms with Crippen LogP contribution in [0.1, 0.15) is 24.0 Å². The van der Waals surface area contributed by atoms with E-state index < -0.39 is 6.10 Å². The van der Waals surface area contributed by atoms with Crippen molar-refractivity contribution in [3.63, 3.8) is 0 Å². The SMILES string of the molecule is NC[C@H]1CC[C@@H](C(=O)Nc2ccccc2Cc2ccccc2)O1. The predicted molar refractivity (Wildman–Crippen MR) is 91.3 cm³/mol. The van der Waals surface area contributed by atoms with Crippen LogP contribution < -0.4 is 11.1 Å². The van der Waals surface area contributed by atoms with Crippen molar-refractivity contribution in [3.8, 4) is 0 Å². The van der Waals surface area contributed by atoms with Gasteiger partial charge in [-0.15, -0.1) is 0 Å². The van der Waals surface area contributed by atoms with Gasteiger partial charge in [-0.05, 0) is 36.5 Å².